The van der Waals surface area contributed by atoms with Crippen LogP contribution in [0.4, 0.5) is 8.78 Å². The molecule has 2 aromatic heterocycles. The molecule has 1 saturated carbocycles. The molecule has 0 spiro atoms. The summed E-state index contributed by atoms with van der Waals surface area (Å²) in [5, 5.41) is 0.892. The number of nitrogens with zero attached hydrogens (tertiary/aromatic N) is 2. The van der Waals surface area contributed by atoms with Gasteiger partial charge < -0.3 is 9.72 Å². The number of ether oxygens (including phenoxy) is 1. The molecule has 170 valence electrons. The maximum Gasteiger partial charge on any atom is 0.338 e. The Labute approximate surface area is 190 Å². The first-order chi connectivity index (χ1) is 15.9. The summed E-state index contributed by atoms with van der Waals surface area (Å²) in [4.78, 5) is 23.9. The summed E-state index contributed by atoms with van der Waals surface area (Å²) in [5.74, 6) is 0.236. The molecule has 0 unspecified atom stereocenters. The third-order valence-electron chi connectivity index (χ3n) is 7.07. The van der Waals surface area contributed by atoms with Gasteiger partial charge in [-0.2, -0.15) is 0 Å². The molecule has 1 aliphatic carbocycles. The third kappa shape index (κ3) is 3.96. The number of carbonyl (C=O) groups is 1. The highest BCUT2D eigenvalue weighted by Crippen LogP contribution is 2.43. The number of hydrogen-bond donors (Lipinski definition) is 1. The van der Waals surface area contributed by atoms with Gasteiger partial charge in [-0.3, -0.25) is 4.98 Å². The first-order valence-corrected chi connectivity index (χ1v) is 11.3. The molecule has 0 aliphatic heterocycles. The van der Waals surface area contributed by atoms with Crippen molar-refractivity contribution in [3.05, 3.63) is 71.2 Å². The van der Waals surface area contributed by atoms with Crippen LogP contribution in [0.15, 0.2) is 42.6 Å². The van der Waals surface area contributed by atoms with E-state index in [1.54, 1.807) is 24.4 Å². The third-order valence-corrected chi connectivity index (χ3v) is 7.07. The fraction of sp³-hybridized carbons (Fsp3) is 0.346. The summed E-state index contributed by atoms with van der Waals surface area (Å²) in [6.07, 6.45) is 5.78. The largest absolute Gasteiger partial charge is 0.465 e. The van der Waals surface area contributed by atoms with Gasteiger partial charge in [0.1, 0.15) is 17.2 Å². The Bertz CT molecular complexity index is 1340. The Morgan fingerprint density at radius 1 is 1.12 bits per heavy atom. The molecule has 0 saturated heterocycles. The molecule has 1 fully saturated rings. The van der Waals surface area contributed by atoms with Crippen molar-refractivity contribution < 1.29 is 18.3 Å². The number of aromatic nitrogens is 3. The molecule has 0 radical (unpaired) electrons. The summed E-state index contributed by atoms with van der Waals surface area (Å²) in [6, 6.07) is 9.51. The number of aromatic amines is 1. The summed E-state index contributed by atoms with van der Waals surface area (Å²) in [7, 11) is 1.27. The lowest BCUT2D eigenvalue weighted by Crippen LogP contribution is -2.19. The Morgan fingerprint density at radius 2 is 1.91 bits per heavy atom. The van der Waals surface area contributed by atoms with E-state index < -0.39 is 11.8 Å². The lowest BCUT2D eigenvalue weighted by molar-refractivity contribution is 0.0600. The highest BCUT2D eigenvalue weighted by atomic mass is 19.1. The smallest absolute Gasteiger partial charge is 0.338 e. The van der Waals surface area contributed by atoms with E-state index >= 15 is 0 Å². The van der Waals surface area contributed by atoms with Crippen molar-refractivity contribution in [2.75, 3.05) is 7.11 Å². The van der Waals surface area contributed by atoms with E-state index in [0.29, 0.717) is 17.4 Å². The molecule has 0 bridgehead atoms. The number of esters is 1. The number of pyridine rings is 1. The van der Waals surface area contributed by atoms with Crippen molar-refractivity contribution in [3.63, 3.8) is 0 Å². The Kier molecular flexibility index (Phi) is 5.56. The predicted octanol–water partition coefficient (Wildman–Crippen LogP) is 6.25. The molecule has 5 rings (SSSR count). The zero-order valence-electron chi connectivity index (χ0n) is 18.6. The molecule has 1 atom stereocenters. The van der Waals surface area contributed by atoms with E-state index in [0.717, 1.165) is 54.0 Å². The normalized spacial score (nSPS) is 19.6. The molecule has 4 aromatic rings. The monoisotopic (exact) mass is 449 g/mol. The van der Waals surface area contributed by atoms with Crippen LogP contribution >= 0.6 is 0 Å². The number of imidazole rings is 1. The van der Waals surface area contributed by atoms with Crippen LogP contribution in [0.25, 0.3) is 21.9 Å². The Morgan fingerprint density at radius 3 is 2.67 bits per heavy atom. The number of carbonyl (C=O) groups excluding carboxylic acids is 1. The van der Waals surface area contributed by atoms with Crippen molar-refractivity contribution >= 4 is 27.9 Å². The van der Waals surface area contributed by atoms with Crippen molar-refractivity contribution in [1.29, 1.82) is 0 Å². The van der Waals surface area contributed by atoms with Gasteiger partial charge in [0.2, 0.25) is 0 Å². The number of methoxy groups -OCH3 is 1. The molecule has 2 heterocycles. The first kappa shape index (κ1) is 21.5. The molecule has 7 heteroatoms. The Balaban J connectivity index is 1.34. The standard InChI is InChI=1S/C26H25F2N3O2/c1-14(25-30-23-12-17(26(32)33-2)11-21(28)24(23)31-25)15-3-5-16(6-4-15)19-9-10-29-22-8-7-18(27)13-20(19)22/h7-16H,3-6H2,1-2H3,(H,30,31)/t14-,15-,16+/m1/s1. The molecular formula is C26H25F2N3O2. The van der Waals surface area contributed by atoms with Crippen LogP contribution in [0.2, 0.25) is 0 Å². The lowest BCUT2D eigenvalue weighted by Gasteiger charge is -2.32. The minimum Gasteiger partial charge on any atom is -0.465 e. The second-order valence-electron chi connectivity index (χ2n) is 8.93. The van der Waals surface area contributed by atoms with Crippen LogP contribution in [0.3, 0.4) is 0 Å². The van der Waals surface area contributed by atoms with Gasteiger partial charge in [-0.1, -0.05) is 6.92 Å². The van der Waals surface area contributed by atoms with Crippen LogP contribution in [-0.4, -0.2) is 28.0 Å². The second-order valence-corrected chi connectivity index (χ2v) is 8.93. The number of hydrogen-bond acceptors (Lipinski definition) is 4. The van der Waals surface area contributed by atoms with Crippen molar-refractivity contribution in [1.82, 2.24) is 15.0 Å². The van der Waals surface area contributed by atoms with Gasteiger partial charge in [-0.15, -0.1) is 0 Å². The highest BCUT2D eigenvalue weighted by Gasteiger charge is 2.29. The maximum absolute atomic E-state index is 14.5. The van der Waals surface area contributed by atoms with Gasteiger partial charge in [0, 0.05) is 17.5 Å². The van der Waals surface area contributed by atoms with E-state index in [-0.39, 0.29) is 22.8 Å². The second kappa shape index (κ2) is 8.54. The van der Waals surface area contributed by atoms with Crippen LogP contribution < -0.4 is 0 Å². The van der Waals surface area contributed by atoms with Gasteiger partial charge >= 0.3 is 5.97 Å². The maximum atomic E-state index is 14.5. The van der Waals surface area contributed by atoms with E-state index in [2.05, 4.69) is 21.9 Å². The van der Waals surface area contributed by atoms with Crippen molar-refractivity contribution in [2.24, 2.45) is 5.92 Å². The molecule has 1 N–H and O–H groups in total. The number of halogens is 2. The Hall–Kier alpha value is -3.35. The fourth-order valence-electron chi connectivity index (χ4n) is 5.19. The molecule has 0 amide bonds. The van der Waals surface area contributed by atoms with Crippen molar-refractivity contribution in [2.45, 2.75) is 44.4 Å². The molecular weight excluding hydrogens is 424 g/mol. The summed E-state index contributed by atoms with van der Waals surface area (Å²) < 4.78 is 33.1. The summed E-state index contributed by atoms with van der Waals surface area (Å²) in [5.41, 5.74) is 2.87. The quantitative estimate of drug-likeness (QED) is 0.374. The van der Waals surface area contributed by atoms with Gasteiger partial charge in [0.15, 0.2) is 5.82 Å². The number of benzene rings is 2. The van der Waals surface area contributed by atoms with Gasteiger partial charge in [0.25, 0.3) is 0 Å². The van der Waals surface area contributed by atoms with Crippen LogP contribution in [-0.2, 0) is 4.74 Å². The van der Waals surface area contributed by atoms with Crippen molar-refractivity contribution in [3.8, 4) is 0 Å². The number of fused-ring (bicyclic) bond motifs is 2. The number of H-pyrrole nitrogens is 1. The van der Waals surface area contributed by atoms with E-state index in [1.165, 1.54) is 13.2 Å². The summed E-state index contributed by atoms with van der Waals surface area (Å²) >= 11 is 0. The zero-order chi connectivity index (χ0) is 23.1. The number of nitrogens with one attached hydrogen (secondary N) is 1. The van der Waals surface area contributed by atoms with E-state index in [1.807, 2.05) is 6.07 Å². The lowest BCUT2D eigenvalue weighted by atomic mass is 9.73. The molecule has 2 aromatic carbocycles. The predicted molar refractivity (Wildman–Crippen MR) is 122 cm³/mol. The number of rotatable bonds is 4. The van der Waals surface area contributed by atoms with Gasteiger partial charge in [0.05, 0.1) is 23.7 Å². The molecule has 33 heavy (non-hydrogen) atoms. The average molecular weight is 450 g/mol. The SMILES string of the molecule is COC(=O)c1cc(F)c2nc([C@H](C)[C@H]3CC[C@@H](c4ccnc5ccc(F)cc54)CC3)[nH]c2c1. The zero-order valence-corrected chi connectivity index (χ0v) is 18.6. The topological polar surface area (TPSA) is 67.9 Å². The fourth-order valence-corrected chi connectivity index (χ4v) is 5.19. The van der Waals surface area contributed by atoms with E-state index in [9.17, 15) is 13.6 Å². The van der Waals surface area contributed by atoms with Gasteiger partial charge in [-0.05, 0) is 79.5 Å². The van der Waals surface area contributed by atoms with Gasteiger partial charge in [-0.25, -0.2) is 18.6 Å². The average Bonchev–Trinajstić information content (AvgIpc) is 3.28. The van der Waals surface area contributed by atoms with Crippen LogP contribution in [0, 0.1) is 17.6 Å². The summed E-state index contributed by atoms with van der Waals surface area (Å²) in [6.45, 7) is 2.11. The molecule has 1 aliphatic rings. The minimum atomic E-state index is -0.582. The van der Waals surface area contributed by atoms with E-state index in [4.69, 9.17) is 4.74 Å². The van der Waals surface area contributed by atoms with Crippen LogP contribution in [0.1, 0.15) is 66.2 Å². The molecule has 5 nitrogen and oxygen atoms in total. The minimum absolute atomic E-state index is 0.117. The first-order valence-electron chi connectivity index (χ1n) is 11.3. The highest BCUT2D eigenvalue weighted by molar-refractivity contribution is 5.93. The van der Waals surface area contributed by atoms with Crippen LogP contribution in [0.5, 0.6) is 0 Å².